The van der Waals surface area contributed by atoms with E-state index >= 15 is 0 Å². The van der Waals surface area contributed by atoms with E-state index in [1.54, 1.807) is 11.8 Å². The number of likely N-dealkylation sites (tertiary alicyclic amines) is 1. The van der Waals surface area contributed by atoms with Crippen molar-refractivity contribution in [3.63, 3.8) is 0 Å². The average Bonchev–Trinajstić information content (AvgIpc) is 2.58. The standard InChI is InChI=1S/C17H24FN3O3/c1-2-24-17(23)21-11-8-14(9-12-21)19-10-7-16(22)20-15-5-3-13(18)4-6-15/h3-6,14,19H,2,7-12H2,1H3,(H,20,22). The van der Waals surface area contributed by atoms with Gasteiger partial charge in [0, 0.05) is 37.8 Å². The number of benzene rings is 1. The molecule has 1 aliphatic heterocycles. The zero-order chi connectivity index (χ0) is 17.4. The first-order valence-corrected chi connectivity index (χ1v) is 8.29. The van der Waals surface area contributed by atoms with Crippen molar-refractivity contribution >= 4 is 17.7 Å². The van der Waals surface area contributed by atoms with Crippen LogP contribution < -0.4 is 10.6 Å². The van der Waals surface area contributed by atoms with Gasteiger partial charge in [-0.3, -0.25) is 4.79 Å². The van der Waals surface area contributed by atoms with E-state index in [2.05, 4.69) is 10.6 Å². The summed E-state index contributed by atoms with van der Waals surface area (Å²) in [6, 6.07) is 5.99. The first-order valence-electron chi connectivity index (χ1n) is 8.29. The third kappa shape index (κ3) is 5.81. The second kappa shape index (κ2) is 9.22. The van der Waals surface area contributed by atoms with Gasteiger partial charge in [0.15, 0.2) is 0 Å². The Labute approximate surface area is 141 Å². The number of ether oxygens (including phenoxy) is 1. The summed E-state index contributed by atoms with van der Waals surface area (Å²) in [6.07, 6.45) is 1.78. The normalized spacial score (nSPS) is 15.2. The fourth-order valence-corrected chi connectivity index (χ4v) is 2.63. The van der Waals surface area contributed by atoms with Crippen LogP contribution in [-0.4, -0.2) is 49.2 Å². The maximum Gasteiger partial charge on any atom is 0.409 e. The van der Waals surface area contributed by atoms with Crippen LogP contribution in [0, 0.1) is 5.82 Å². The summed E-state index contributed by atoms with van der Waals surface area (Å²) in [5.41, 5.74) is 0.587. The molecule has 7 heteroatoms. The fraction of sp³-hybridized carbons (Fsp3) is 0.529. The van der Waals surface area contributed by atoms with Crippen molar-refractivity contribution in [3.05, 3.63) is 30.1 Å². The second-order valence-electron chi connectivity index (χ2n) is 5.72. The molecular formula is C17H24FN3O3. The van der Waals surface area contributed by atoms with Crippen LogP contribution in [0.15, 0.2) is 24.3 Å². The maximum absolute atomic E-state index is 12.8. The van der Waals surface area contributed by atoms with E-state index < -0.39 is 0 Å². The molecule has 1 heterocycles. The van der Waals surface area contributed by atoms with Gasteiger partial charge in [-0.25, -0.2) is 9.18 Å². The number of piperidine rings is 1. The van der Waals surface area contributed by atoms with Crippen molar-refractivity contribution in [2.24, 2.45) is 0 Å². The van der Waals surface area contributed by atoms with E-state index in [-0.39, 0.29) is 17.8 Å². The summed E-state index contributed by atoms with van der Waals surface area (Å²) in [6.45, 7) is 4.08. The van der Waals surface area contributed by atoms with Crippen molar-refractivity contribution in [1.29, 1.82) is 0 Å². The zero-order valence-electron chi connectivity index (χ0n) is 13.9. The highest BCUT2D eigenvalue weighted by molar-refractivity contribution is 5.90. The Morgan fingerprint density at radius 1 is 1.25 bits per heavy atom. The maximum atomic E-state index is 12.8. The van der Waals surface area contributed by atoms with Crippen molar-refractivity contribution in [1.82, 2.24) is 10.2 Å². The molecule has 0 bridgehead atoms. The van der Waals surface area contributed by atoms with Crippen molar-refractivity contribution in [2.75, 3.05) is 31.6 Å². The number of carbonyl (C=O) groups is 2. The first-order chi connectivity index (χ1) is 11.6. The second-order valence-corrected chi connectivity index (χ2v) is 5.72. The molecule has 2 amide bonds. The van der Waals surface area contributed by atoms with Crippen LogP contribution in [0.4, 0.5) is 14.9 Å². The van der Waals surface area contributed by atoms with Crippen molar-refractivity contribution in [3.8, 4) is 0 Å². The lowest BCUT2D eigenvalue weighted by Crippen LogP contribution is -2.45. The predicted octanol–water partition coefficient (Wildman–Crippen LogP) is 2.36. The average molecular weight is 337 g/mol. The Hall–Kier alpha value is -2.15. The van der Waals surface area contributed by atoms with Gasteiger partial charge >= 0.3 is 6.09 Å². The van der Waals surface area contributed by atoms with Gasteiger partial charge in [-0.2, -0.15) is 0 Å². The zero-order valence-corrected chi connectivity index (χ0v) is 13.9. The Bertz CT molecular complexity index is 543. The minimum absolute atomic E-state index is 0.113. The van der Waals surface area contributed by atoms with Gasteiger partial charge < -0.3 is 20.3 Å². The molecule has 1 aromatic rings. The van der Waals surface area contributed by atoms with Crippen molar-refractivity contribution in [2.45, 2.75) is 32.2 Å². The van der Waals surface area contributed by atoms with Crippen LogP contribution in [0.5, 0.6) is 0 Å². The molecule has 0 aliphatic carbocycles. The Balaban J connectivity index is 1.62. The molecule has 6 nitrogen and oxygen atoms in total. The van der Waals surface area contributed by atoms with Gasteiger partial charge in [0.2, 0.25) is 5.91 Å². The van der Waals surface area contributed by atoms with Gasteiger partial charge in [0.25, 0.3) is 0 Å². The van der Waals surface area contributed by atoms with Crippen LogP contribution in [0.3, 0.4) is 0 Å². The molecule has 0 saturated carbocycles. The van der Waals surface area contributed by atoms with E-state index in [9.17, 15) is 14.0 Å². The number of halogens is 1. The fourth-order valence-electron chi connectivity index (χ4n) is 2.63. The van der Waals surface area contributed by atoms with Gasteiger partial charge in [-0.15, -0.1) is 0 Å². The van der Waals surface area contributed by atoms with E-state index in [1.807, 2.05) is 0 Å². The molecular weight excluding hydrogens is 313 g/mol. The largest absolute Gasteiger partial charge is 0.450 e. The number of amides is 2. The summed E-state index contributed by atoms with van der Waals surface area (Å²) in [4.78, 5) is 25.2. The molecule has 132 valence electrons. The number of rotatable bonds is 6. The minimum atomic E-state index is -0.330. The molecule has 1 saturated heterocycles. The van der Waals surface area contributed by atoms with E-state index in [4.69, 9.17) is 4.74 Å². The number of hydrogen-bond donors (Lipinski definition) is 2. The lowest BCUT2D eigenvalue weighted by Gasteiger charge is -2.31. The molecule has 2 rings (SSSR count). The number of nitrogens with zero attached hydrogens (tertiary/aromatic N) is 1. The summed E-state index contributed by atoms with van der Waals surface area (Å²) >= 11 is 0. The summed E-state index contributed by atoms with van der Waals surface area (Å²) < 4.78 is 17.8. The first kappa shape index (κ1) is 18.2. The van der Waals surface area contributed by atoms with E-state index in [0.717, 1.165) is 12.8 Å². The van der Waals surface area contributed by atoms with E-state index in [1.165, 1.54) is 24.3 Å². The van der Waals surface area contributed by atoms with Gasteiger partial charge in [-0.05, 0) is 44.0 Å². The van der Waals surface area contributed by atoms with Gasteiger partial charge in [0.1, 0.15) is 5.82 Å². The summed E-state index contributed by atoms with van der Waals surface area (Å²) in [5, 5.41) is 6.07. The summed E-state index contributed by atoms with van der Waals surface area (Å²) in [5.74, 6) is -0.443. The highest BCUT2D eigenvalue weighted by Gasteiger charge is 2.23. The number of carbonyl (C=O) groups excluding carboxylic acids is 2. The lowest BCUT2D eigenvalue weighted by atomic mass is 10.1. The molecule has 0 unspecified atom stereocenters. The SMILES string of the molecule is CCOC(=O)N1CCC(NCCC(=O)Nc2ccc(F)cc2)CC1. The van der Waals surface area contributed by atoms with Crippen LogP contribution in [0.2, 0.25) is 0 Å². The molecule has 1 aromatic carbocycles. The van der Waals surface area contributed by atoms with Crippen LogP contribution in [0.25, 0.3) is 0 Å². The molecule has 0 radical (unpaired) electrons. The highest BCUT2D eigenvalue weighted by Crippen LogP contribution is 2.12. The molecule has 2 N–H and O–H groups in total. The van der Waals surface area contributed by atoms with Crippen LogP contribution >= 0.6 is 0 Å². The summed E-state index contributed by atoms with van der Waals surface area (Å²) in [7, 11) is 0. The highest BCUT2D eigenvalue weighted by atomic mass is 19.1. The van der Waals surface area contributed by atoms with Gasteiger partial charge in [-0.1, -0.05) is 0 Å². The predicted molar refractivity (Wildman–Crippen MR) is 89.3 cm³/mol. The Kier molecular flexibility index (Phi) is 6.99. The molecule has 1 fully saturated rings. The monoisotopic (exact) mass is 337 g/mol. The molecule has 0 atom stereocenters. The number of hydrogen-bond acceptors (Lipinski definition) is 4. The Morgan fingerprint density at radius 2 is 1.92 bits per heavy atom. The molecule has 0 aromatic heterocycles. The van der Waals surface area contributed by atoms with E-state index in [0.29, 0.717) is 44.4 Å². The Morgan fingerprint density at radius 3 is 2.54 bits per heavy atom. The smallest absolute Gasteiger partial charge is 0.409 e. The van der Waals surface area contributed by atoms with Crippen LogP contribution in [-0.2, 0) is 9.53 Å². The third-order valence-corrected chi connectivity index (χ3v) is 3.93. The van der Waals surface area contributed by atoms with Crippen LogP contribution in [0.1, 0.15) is 26.2 Å². The van der Waals surface area contributed by atoms with Gasteiger partial charge in [0.05, 0.1) is 6.61 Å². The quantitative estimate of drug-likeness (QED) is 0.836. The van der Waals surface area contributed by atoms with Crippen molar-refractivity contribution < 1.29 is 18.7 Å². The molecule has 24 heavy (non-hydrogen) atoms. The molecule has 1 aliphatic rings. The third-order valence-electron chi connectivity index (χ3n) is 3.93. The number of nitrogens with one attached hydrogen (secondary N) is 2. The lowest BCUT2D eigenvalue weighted by molar-refractivity contribution is -0.116. The number of anilines is 1. The minimum Gasteiger partial charge on any atom is -0.450 e. The molecule has 0 spiro atoms. The topological polar surface area (TPSA) is 70.7 Å².